The molecule has 0 aliphatic heterocycles. The largest absolute Gasteiger partial charge is 0.397 e. The van der Waals surface area contributed by atoms with Crippen LogP contribution >= 0.6 is 113 Å². The summed E-state index contributed by atoms with van der Waals surface area (Å²) < 4.78 is 5.70. The van der Waals surface area contributed by atoms with Crippen molar-refractivity contribution in [2.24, 2.45) is 0 Å². The number of benzene rings is 2. The molecular formula is C14H11I5N2. The smallest absolute Gasteiger partial charge is 0.0595 e. The molecule has 0 aliphatic carbocycles. The molecule has 0 bridgehead atoms. The van der Waals surface area contributed by atoms with Crippen LogP contribution in [0.25, 0.3) is 11.1 Å². The number of halogens is 5. The molecule has 112 valence electrons. The molecule has 0 spiro atoms. The van der Waals surface area contributed by atoms with E-state index < -0.39 is 0 Å². The van der Waals surface area contributed by atoms with Crippen LogP contribution in [0.4, 0.5) is 11.4 Å². The molecular weight excluding hydrogens is 831 g/mol. The van der Waals surface area contributed by atoms with Crippen molar-refractivity contribution in [3.8, 4) is 11.1 Å². The van der Waals surface area contributed by atoms with Gasteiger partial charge in [-0.2, -0.15) is 0 Å². The molecule has 2 nitrogen and oxygen atoms in total. The molecule has 0 radical (unpaired) electrons. The van der Waals surface area contributed by atoms with Gasteiger partial charge in [0.2, 0.25) is 0 Å². The Morgan fingerprint density at radius 3 is 1.81 bits per heavy atom. The van der Waals surface area contributed by atoms with Gasteiger partial charge in [-0.3, -0.25) is 0 Å². The molecule has 2 rings (SSSR count). The van der Waals surface area contributed by atoms with E-state index in [4.69, 9.17) is 11.5 Å². The second-order valence-corrected chi connectivity index (χ2v) is 10.0. The van der Waals surface area contributed by atoms with E-state index in [1.54, 1.807) is 0 Å². The summed E-state index contributed by atoms with van der Waals surface area (Å²) in [5.74, 6) is 0. The minimum Gasteiger partial charge on any atom is -0.397 e. The number of anilines is 2. The maximum Gasteiger partial charge on any atom is 0.0595 e. The molecule has 0 saturated carbocycles. The van der Waals surface area contributed by atoms with Crippen molar-refractivity contribution < 1.29 is 0 Å². The highest BCUT2D eigenvalue weighted by Gasteiger charge is 2.21. The van der Waals surface area contributed by atoms with Gasteiger partial charge in [0.1, 0.15) is 0 Å². The third kappa shape index (κ3) is 3.41. The number of hydrogen-bond acceptors (Lipinski definition) is 2. The van der Waals surface area contributed by atoms with Crippen LogP contribution in [0.1, 0.15) is 11.1 Å². The van der Waals surface area contributed by atoms with Crippen molar-refractivity contribution >= 4 is 124 Å². The van der Waals surface area contributed by atoms with E-state index in [1.807, 2.05) is 0 Å². The number of aryl methyl sites for hydroxylation is 1. The number of nitrogens with two attached hydrogens (primary N) is 2. The van der Waals surface area contributed by atoms with E-state index in [2.05, 4.69) is 133 Å². The fourth-order valence-electron chi connectivity index (χ4n) is 2.03. The van der Waals surface area contributed by atoms with Crippen LogP contribution in [-0.4, -0.2) is 0 Å². The Labute approximate surface area is 192 Å². The molecule has 0 amide bonds. The molecule has 0 heterocycles. The van der Waals surface area contributed by atoms with Gasteiger partial charge in [0, 0.05) is 23.4 Å². The minimum absolute atomic E-state index is 0.854. The predicted octanol–water partition coefficient (Wildman–Crippen LogP) is 6.16. The molecule has 0 aliphatic rings. The average Bonchev–Trinajstić information content (AvgIpc) is 2.46. The van der Waals surface area contributed by atoms with Crippen molar-refractivity contribution in [3.05, 3.63) is 35.0 Å². The first-order valence-corrected chi connectivity index (χ1v) is 11.2. The molecule has 0 aromatic heterocycles. The van der Waals surface area contributed by atoms with E-state index in [9.17, 15) is 0 Å². The Kier molecular flexibility index (Phi) is 6.60. The molecule has 2 aromatic carbocycles. The zero-order chi connectivity index (χ0) is 16.1. The maximum atomic E-state index is 6.29. The zero-order valence-electron chi connectivity index (χ0n) is 11.1. The highest BCUT2D eigenvalue weighted by atomic mass is 127. The van der Waals surface area contributed by atoms with E-state index in [-0.39, 0.29) is 0 Å². The lowest BCUT2D eigenvalue weighted by Gasteiger charge is -2.18. The van der Waals surface area contributed by atoms with Crippen LogP contribution in [0.15, 0.2) is 6.07 Å². The van der Waals surface area contributed by atoms with Gasteiger partial charge in [-0.05, 0) is 150 Å². The van der Waals surface area contributed by atoms with Crippen LogP contribution in [-0.2, 0) is 0 Å². The van der Waals surface area contributed by atoms with Gasteiger partial charge in [0.05, 0.1) is 11.4 Å². The van der Waals surface area contributed by atoms with E-state index in [0.717, 1.165) is 25.7 Å². The molecule has 4 N–H and O–H groups in total. The van der Waals surface area contributed by atoms with Gasteiger partial charge in [-0.25, -0.2) is 0 Å². The fraction of sp³-hybridized carbons (Fsp3) is 0.143. The second-order valence-electron chi connectivity index (χ2n) is 4.64. The molecule has 2 aromatic rings. The molecule has 0 unspecified atom stereocenters. The van der Waals surface area contributed by atoms with E-state index in [1.165, 1.54) is 25.8 Å². The highest BCUT2D eigenvalue weighted by Crippen LogP contribution is 2.43. The molecule has 0 fully saturated rings. The second kappa shape index (κ2) is 7.29. The molecule has 0 atom stereocenters. The Bertz CT molecular complexity index is 727. The van der Waals surface area contributed by atoms with Gasteiger partial charge in [-0.1, -0.05) is 0 Å². The Balaban J connectivity index is 2.93. The molecule has 21 heavy (non-hydrogen) atoms. The zero-order valence-corrected chi connectivity index (χ0v) is 21.9. The first-order valence-electron chi connectivity index (χ1n) is 5.85. The first kappa shape index (κ1) is 19.0. The Hall–Kier alpha value is 1.69. The lowest BCUT2D eigenvalue weighted by Crippen LogP contribution is -2.05. The summed E-state index contributed by atoms with van der Waals surface area (Å²) >= 11 is 11.7. The number of hydrogen-bond donors (Lipinski definition) is 2. The van der Waals surface area contributed by atoms with Crippen molar-refractivity contribution in [3.63, 3.8) is 0 Å². The van der Waals surface area contributed by atoms with Crippen molar-refractivity contribution in [2.45, 2.75) is 13.8 Å². The van der Waals surface area contributed by atoms with E-state index in [0.29, 0.717) is 0 Å². The third-order valence-electron chi connectivity index (χ3n) is 3.26. The molecule has 7 heteroatoms. The average molecular weight is 842 g/mol. The summed E-state index contributed by atoms with van der Waals surface area (Å²) in [6.45, 7) is 4.22. The summed E-state index contributed by atoms with van der Waals surface area (Å²) in [5.41, 5.74) is 19.1. The number of rotatable bonds is 1. The summed E-state index contributed by atoms with van der Waals surface area (Å²) in [4.78, 5) is 0. The van der Waals surface area contributed by atoms with Crippen LogP contribution < -0.4 is 11.5 Å². The lowest BCUT2D eigenvalue weighted by atomic mass is 10.00. The Morgan fingerprint density at radius 1 is 0.714 bits per heavy atom. The highest BCUT2D eigenvalue weighted by molar-refractivity contribution is 14.1. The summed E-state index contributed by atoms with van der Waals surface area (Å²) in [6.07, 6.45) is 0. The fourth-order valence-corrected chi connectivity index (χ4v) is 7.41. The minimum atomic E-state index is 0.854. The maximum absolute atomic E-state index is 6.29. The van der Waals surface area contributed by atoms with Crippen LogP contribution in [0.2, 0.25) is 0 Å². The third-order valence-corrected chi connectivity index (χ3v) is 9.71. The topological polar surface area (TPSA) is 52.0 Å². The van der Waals surface area contributed by atoms with Gasteiger partial charge >= 0.3 is 0 Å². The van der Waals surface area contributed by atoms with Gasteiger partial charge in [-0.15, -0.1) is 0 Å². The first-order chi connectivity index (χ1) is 9.68. The van der Waals surface area contributed by atoms with Crippen molar-refractivity contribution in [2.75, 3.05) is 11.5 Å². The SMILES string of the molecule is Cc1cc(-c2c(I)c(C)c(I)c(N)c2I)c(I)c(N)c1I. The molecule has 0 saturated heterocycles. The predicted molar refractivity (Wildman–Crippen MR) is 134 cm³/mol. The monoisotopic (exact) mass is 842 g/mol. The van der Waals surface area contributed by atoms with Crippen molar-refractivity contribution in [1.29, 1.82) is 0 Å². The lowest BCUT2D eigenvalue weighted by molar-refractivity contribution is 1.35. The quantitative estimate of drug-likeness (QED) is 0.268. The van der Waals surface area contributed by atoms with Gasteiger partial charge in [0.15, 0.2) is 0 Å². The van der Waals surface area contributed by atoms with Gasteiger partial charge in [0.25, 0.3) is 0 Å². The summed E-state index contributed by atoms with van der Waals surface area (Å²) in [7, 11) is 0. The van der Waals surface area contributed by atoms with E-state index >= 15 is 0 Å². The Morgan fingerprint density at radius 2 is 1.24 bits per heavy atom. The number of nitrogen functional groups attached to an aromatic ring is 2. The van der Waals surface area contributed by atoms with Crippen LogP contribution in [0.5, 0.6) is 0 Å². The van der Waals surface area contributed by atoms with Crippen molar-refractivity contribution in [1.82, 2.24) is 0 Å². The standard InChI is InChI=1S/C14H11I5N2/c1-4-3-6(11(18)13(20)8(4)15)7-9(16)5(2)10(17)14(21)12(7)19/h3H,20-21H2,1-2H3. The normalized spacial score (nSPS) is 11.0. The van der Waals surface area contributed by atoms with Gasteiger partial charge < -0.3 is 11.5 Å². The summed E-state index contributed by atoms with van der Waals surface area (Å²) in [6, 6.07) is 2.21. The van der Waals surface area contributed by atoms with Crippen LogP contribution in [0, 0.1) is 31.7 Å². The van der Waals surface area contributed by atoms with Crippen LogP contribution in [0.3, 0.4) is 0 Å². The summed E-state index contributed by atoms with van der Waals surface area (Å²) in [5, 5.41) is 0.